The van der Waals surface area contributed by atoms with Crippen LogP contribution in [0.3, 0.4) is 0 Å². The summed E-state index contributed by atoms with van der Waals surface area (Å²) >= 11 is 5.88. The number of ether oxygens (including phenoxy) is 1. The minimum Gasteiger partial charge on any atom is -0.488 e. The van der Waals surface area contributed by atoms with Crippen molar-refractivity contribution < 1.29 is 9.84 Å². The molecule has 0 aliphatic rings. The third kappa shape index (κ3) is 3.19. The summed E-state index contributed by atoms with van der Waals surface area (Å²) in [7, 11) is 0. The number of aliphatic hydroxyl groups excluding tert-OH is 1. The smallest absolute Gasteiger partial charge is 0.128 e. The van der Waals surface area contributed by atoms with Crippen LogP contribution in [0.15, 0.2) is 42.7 Å². The maximum absolute atomic E-state index is 9.12. The lowest BCUT2D eigenvalue weighted by Gasteiger charge is -2.09. The largest absolute Gasteiger partial charge is 0.488 e. The van der Waals surface area contributed by atoms with Gasteiger partial charge in [-0.15, -0.1) is 0 Å². The van der Waals surface area contributed by atoms with E-state index < -0.39 is 0 Å². The Hall–Kier alpha value is -1.58. The zero-order valence-electron chi connectivity index (χ0n) is 9.14. The number of hydrogen-bond acceptors (Lipinski definition) is 3. The standard InChI is InChI=1S/C13H12ClNO2/c14-12-3-1-2-10(6-12)9-17-13-4-5-15-7-11(13)8-16/h1-7,16H,8-9H2. The molecule has 1 aromatic heterocycles. The Bertz CT molecular complexity index is 502. The lowest BCUT2D eigenvalue weighted by atomic mass is 10.2. The third-order valence-electron chi connectivity index (χ3n) is 2.31. The van der Waals surface area contributed by atoms with Crippen molar-refractivity contribution in [2.24, 2.45) is 0 Å². The Balaban J connectivity index is 2.07. The highest BCUT2D eigenvalue weighted by molar-refractivity contribution is 6.30. The van der Waals surface area contributed by atoms with Crippen LogP contribution < -0.4 is 4.74 Å². The fraction of sp³-hybridized carbons (Fsp3) is 0.154. The van der Waals surface area contributed by atoms with E-state index in [0.717, 1.165) is 5.56 Å². The van der Waals surface area contributed by atoms with Crippen molar-refractivity contribution in [3.63, 3.8) is 0 Å². The molecule has 0 amide bonds. The molecule has 0 aliphatic heterocycles. The van der Waals surface area contributed by atoms with Crippen molar-refractivity contribution in [3.05, 3.63) is 58.9 Å². The van der Waals surface area contributed by atoms with Gasteiger partial charge in [-0.25, -0.2) is 0 Å². The van der Waals surface area contributed by atoms with Crippen LogP contribution in [0.2, 0.25) is 5.02 Å². The molecule has 1 N–H and O–H groups in total. The van der Waals surface area contributed by atoms with Crippen molar-refractivity contribution in [2.75, 3.05) is 0 Å². The number of rotatable bonds is 4. The molecule has 0 saturated carbocycles. The van der Waals surface area contributed by atoms with Gasteiger partial charge in [0.25, 0.3) is 0 Å². The van der Waals surface area contributed by atoms with E-state index in [1.165, 1.54) is 0 Å². The molecule has 88 valence electrons. The summed E-state index contributed by atoms with van der Waals surface area (Å²) in [6, 6.07) is 9.21. The average Bonchev–Trinajstić information content (AvgIpc) is 2.37. The maximum atomic E-state index is 9.12. The second-order valence-corrected chi connectivity index (χ2v) is 4.00. The Morgan fingerprint density at radius 2 is 2.18 bits per heavy atom. The van der Waals surface area contributed by atoms with E-state index in [1.54, 1.807) is 18.5 Å². The van der Waals surface area contributed by atoms with Gasteiger partial charge in [0.05, 0.1) is 6.61 Å². The number of aromatic nitrogens is 1. The van der Waals surface area contributed by atoms with Crippen molar-refractivity contribution in [1.82, 2.24) is 4.98 Å². The molecule has 0 atom stereocenters. The van der Waals surface area contributed by atoms with E-state index >= 15 is 0 Å². The minimum atomic E-state index is -0.0846. The normalized spacial score (nSPS) is 10.2. The Kier molecular flexibility index (Phi) is 3.96. The summed E-state index contributed by atoms with van der Waals surface area (Å²) in [5, 5.41) is 9.80. The fourth-order valence-corrected chi connectivity index (χ4v) is 1.67. The molecule has 2 rings (SSSR count). The predicted octanol–water partition coefficient (Wildman–Crippen LogP) is 2.81. The number of benzene rings is 1. The second kappa shape index (κ2) is 5.66. The summed E-state index contributed by atoms with van der Waals surface area (Å²) in [6.07, 6.45) is 3.22. The highest BCUT2D eigenvalue weighted by atomic mass is 35.5. The van der Waals surface area contributed by atoms with Gasteiger partial charge in [0, 0.05) is 23.0 Å². The minimum absolute atomic E-state index is 0.0846. The van der Waals surface area contributed by atoms with Crippen LogP contribution in [-0.4, -0.2) is 10.1 Å². The molecule has 17 heavy (non-hydrogen) atoms. The van der Waals surface area contributed by atoms with Crippen LogP contribution in [0, 0.1) is 0 Å². The zero-order valence-corrected chi connectivity index (χ0v) is 9.89. The number of nitrogens with zero attached hydrogens (tertiary/aromatic N) is 1. The van der Waals surface area contributed by atoms with Gasteiger partial charge in [-0.2, -0.15) is 0 Å². The topological polar surface area (TPSA) is 42.4 Å². The first-order valence-electron chi connectivity index (χ1n) is 5.20. The molecule has 0 spiro atoms. The molecule has 0 aliphatic carbocycles. The summed E-state index contributed by atoms with van der Waals surface area (Å²) < 4.78 is 5.61. The quantitative estimate of drug-likeness (QED) is 0.906. The highest BCUT2D eigenvalue weighted by Crippen LogP contribution is 2.19. The maximum Gasteiger partial charge on any atom is 0.128 e. The van der Waals surface area contributed by atoms with E-state index in [4.69, 9.17) is 21.4 Å². The molecule has 1 heterocycles. The molecular formula is C13H12ClNO2. The molecule has 4 heteroatoms. The Labute approximate surface area is 105 Å². The van der Waals surface area contributed by atoms with Gasteiger partial charge >= 0.3 is 0 Å². The highest BCUT2D eigenvalue weighted by Gasteiger charge is 2.02. The van der Waals surface area contributed by atoms with Gasteiger partial charge in [-0.3, -0.25) is 4.98 Å². The Morgan fingerprint density at radius 3 is 2.94 bits per heavy atom. The van der Waals surface area contributed by atoms with Crippen LogP contribution in [0.5, 0.6) is 5.75 Å². The first-order chi connectivity index (χ1) is 8.29. The molecule has 1 aromatic carbocycles. The van der Waals surface area contributed by atoms with Crippen LogP contribution in [-0.2, 0) is 13.2 Å². The van der Waals surface area contributed by atoms with Gasteiger partial charge in [0.1, 0.15) is 12.4 Å². The lowest BCUT2D eigenvalue weighted by Crippen LogP contribution is -1.99. The number of aliphatic hydroxyl groups is 1. The van der Waals surface area contributed by atoms with Crippen molar-refractivity contribution in [3.8, 4) is 5.75 Å². The summed E-state index contributed by atoms with van der Waals surface area (Å²) in [5.41, 5.74) is 1.66. The predicted molar refractivity (Wildman–Crippen MR) is 65.9 cm³/mol. The monoisotopic (exact) mass is 249 g/mol. The SMILES string of the molecule is OCc1cnccc1OCc1cccc(Cl)c1. The Morgan fingerprint density at radius 1 is 1.29 bits per heavy atom. The molecule has 0 unspecified atom stereocenters. The number of halogens is 1. The van der Waals surface area contributed by atoms with Crippen molar-refractivity contribution in [1.29, 1.82) is 0 Å². The van der Waals surface area contributed by atoms with Crippen molar-refractivity contribution in [2.45, 2.75) is 13.2 Å². The molecule has 0 saturated heterocycles. The van der Waals surface area contributed by atoms with E-state index in [0.29, 0.717) is 22.9 Å². The molecule has 3 nitrogen and oxygen atoms in total. The van der Waals surface area contributed by atoms with Crippen LogP contribution in [0.25, 0.3) is 0 Å². The van der Waals surface area contributed by atoms with E-state index in [9.17, 15) is 0 Å². The van der Waals surface area contributed by atoms with Crippen LogP contribution >= 0.6 is 11.6 Å². The molecule has 2 aromatic rings. The number of hydrogen-bond donors (Lipinski definition) is 1. The van der Waals surface area contributed by atoms with Crippen LogP contribution in [0.1, 0.15) is 11.1 Å². The molecule has 0 radical (unpaired) electrons. The summed E-state index contributed by atoms with van der Waals surface area (Å²) in [6.45, 7) is 0.330. The van der Waals surface area contributed by atoms with Crippen molar-refractivity contribution >= 4 is 11.6 Å². The average molecular weight is 250 g/mol. The lowest BCUT2D eigenvalue weighted by molar-refractivity contribution is 0.258. The fourth-order valence-electron chi connectivity index (χ4n) is 1.46. The zero-order chi connectivity index (χ0) is 12.1. The van der Waals surface area contributed by atoms with E-state index in [1.807, 2.05) is 24.3 Å². The molecular weight excluding hydrogens is 238 g/mol. The van der Waals surface area contributed by atoms with E-state index in [-0.39, 0.29) is 6.61 Å². The van der Waals surface area contributed by atoms with Gasteiger partial charge in [0.15, 0.2) is 0 Å². The third-order valence-corrected chi connectivity index (χ3v) is 2.55. The summed E-state index contributed by atoms with van der Waals surface area (Å²) in [5.74, 6) is 0.641. The first-order valence-corrected chi connectivity index (χ1v) is 5.58. The molecule has 0 bridgehead atoms. The first kappa shape index (κ1) is 11.9. The van der Waals surface area contributed by atoms with Crippen LogP contribution in [0.4, 0.5) is 0 Å². The van der Waals surface area contributed by atoms with E-state index in [2.05, 4.69) is 4.98 Å². The summed E-state index contributed by atoms with van der Waals surface area (Å²) in [4.78, 5) is 3.92. The van der Waals surface area contributed by atoms with Gasteiger partial charge in [-0.05, 0) is 23.8 Å². The van der Waals surface area contributed by atoms with Gasteiger partial charge in [0.2, 0.25) is 0 Å². The van der Waals surface area contributed by atoms with Gasteiger partial charge < -0.3 is 9.84 Å². The number of pyridine rings is 1. The second-order valence-electron chi connectivity index (χ2n) is 3.56. The molecule has 0 fully saturated rings. The van der Waals surface area contributed by atoms with Gasteiger partial charge in [-0.1, -0.05) is 23.7 Å².